The van der Waals surface area contributed by atoms with E-state index in [0.717, 1.165) is 5.69 Å². The van der Waals surface area contributed by atoms with Crippen molar-refractivity contribution < 1.29 is 4.52 Å². The van der Waals surface area contributed by atoms with Gasteiger partial charge in [-0.2, -0.15) is 4.98 Å². The van der Waals surface area contributed by atoms with E-state index >= 15 is 0 Å². The zero-order valence-electron chi connectivity index (χ0n) is 11.9. The smallest absolute Gasteiger partial charge is 0.245 e. The highest BCUT2D eigenvalue weighted by Gasteiger charge is 2.08. The third-order valence-electron chi connectivity index (χ3n) is 3.34. The lowest BCUT2D eigenvalue weighted by Gasteiger charge is -2.02. The first-order valence-corrected chi connectivity index (χ1v) is 6.96. The summed E-state index contributed by atoms with van der Waals surface area (Å²) in [6, 6.07) is 18.2. The molecule has 1 aromatic heterocycles. The molecule has 0 unspecified atom stereocenters. The van der Waals surface area contributed by atoms with Gasteiger partial charge >= 0.3 is 0 Å². The second-order valence-corrected chi connectivity index (χ2v) is 4.93. The molecule has 3 aromatic rings. The number of hydrogen-bond acceptors (Lipinski definition) is 4. The average molecular weight is 279 g/mol. The van der Waals surface area contributed by atoms with Gasteiger partial charge in [0.05, 0.1) is 6.54 Å². The number of hydrogen-bond donors (Lipinski definition) is 1. The number of aromatic nitrogens is 2. The van der Waals surface area contributed by atoms with Crippen LogP contribution in [0.4, 0.5) is 5.69 Å². The van der Waals surface area contributed by atoms with Crippen LogP contribution in [0.15, 0.2) is 59.1 Å². The molecule has 0 atom stereocenters. The highest BCUT2D eigenvalue weighted by Crippen LogP contribution is 2.12. The molecule has 0 saturated heterocycles. The molecule has 0 spiro atoms. The number of nitrogens with zero attached hydrogens (tertiary/aromatic N) is 2. The van der Waals surface area contributed by atoms with E-state index in [0.29, 0.717) is 24.7 Å². The van der Waals surface area contributed by atoms with Crippen LogP contribution in [0.25, 0.3) is 0 Å². The fourth-order valence-electron chi connectivity index (χ4n) is 2.15. The molecule has 0 aliphatic rings. The van der Waals surface area contributed by atoms with E-state index in [1.54, 1.807) is 0 Å². The van der Waals surface area contributed by atoms with Crippen molar-refractivity contribution in [1.29, 1.82) is 0 Å². The summed E-state index contributed by atoms with van der Waals surface area (Å²) in [7, 11) is 0. The number of benzene rings is 2. The summed E-state index contributed by atoms with van der Waals surface area (Å²) in [5.74, 6) is 1.32. The molecule has 0 radical (unpaired) electrons. The maximum Gasteiger partial charge on any atom is 0.245 e. The van der Waals surface area contributed by atoms with E-state index in [-0.39, 0.29) is 0 Å². The lowest BCUT2D eigenvalue weighted by molar-refractivity contribution is 0.378. The summed E-state index contributed by atoms with van der Waals surface area (Å²) in [6.45, 7) is 2.62. The maximum absolute atomic E-state index is 5.27. The predicted octanol–water partition coefficient (Wildman–Crippen LogP) is 3.58. The highest BCUT2D eigenvalue weighted by atomic mass is 16.5. The summed E-state index contributed by atoms with van der Waals surface area (Å²) >= 11 is 0. The Labute approximate surface area is 123 Å². The van der Waals surface area contributed by atoms with Gasteiger partial charge in [-0.3, -0.25) is 0 Å². The molecule has 0 saturated carbocycles. The van der Waals surface area contributed by atoms with Crippen LogP contribution in [0, 0.1) is 6.92 Å². The fraction of sp³-hybridized carbons (Fsp3) is 0.176. The summed E-state index contributed by atoms with van der Waals surface area (Å²) in [6.07, 6.45) is 0.696. The Morgan fingerprint density at radius 1 is 1.00 bits per heavy atom. The summed E-state index contributed by atoms with van der Waals surface area (Å²) in [4.78, 5) is 4.42. The second-order valence-electron chi connectivity index (χ2n) is 4.93. The van der Waals surface area contributed by atoms with Crippen molar-refractivity contribution in [2.45, 2.75) is 19.9 Å². The van der Waals surface area contributed by atoms with Gasteiger partial charge in [0.2, 0.25) is 5.89 Å². The van der Waals surface area contributed by atoms with Crippen LogP contribution in [0.1, 0.15) is 22.8 Å². The first-order chi connectivity index (χ1) is 10.3. The van der Waals surface area contributed by atoms with Crippen molar-refractivity contribution in [3.8, 4) is 0 Å². The van der Waals surface area contributed by atoms with E-state index in [9.17, 15) is 0 Å². The van der Waals surface area contributed by atoms with E-state index in [1.165, 1.54) is 11.1 Å². The van der Waals surface area contributed by atoms with E-state index in [4.69, 9.17) is 4.52 Å². The minimum absolute atomic E-state index is 0.533. The first kappa shape index (κ1) is 13.4. The largest absolute Gasteiger partial charge is 0.376 e. The molecular formula is C17H17N3O. The molecule has 21 heavy (non-hydrogen) atoms. The first-order valence-electron chi connectivity index (χ1n) is 6.96. The van der Waals surface area contributed by atoms with Crippen molar-refractivity contribution in [3.63, 3.8) is 0 Å². The van der Waals surface area contributed by atoms with Crippen molar-refractivity contribution in [2.75, 3.05) is 5.32 Å². The third-order valence-corrected chi connectivity index (χ3v) is 3.34. The third kappa shape index (κ3) is 3.48. The summed E-state index contributed by atoms with van der Waals surface area (Å²) in [5, 5.41) is 7.29. The number of para-hydroxylation sites is 1. The maximum atomic E-state index is 5.27. The molecular weight excluding hydrogens is 262 g/mol. The number of aryl methyl sites for hydroxylation is 1. The van der Waals surface area contributed by atoms with Gasteiger partial charge in [-0.25, -0.2) is 0 Å². The fourth-order valence-corrected chi connectivity index (χ4v) is 2.15. The Hall–Kier alpha value is -2.62. The van der Waals surface area contributed by atoms with Gasteiger partial charge in [0.1, 0.15) is 0 Å². The average Bonchev–Trinajstić information content (AvgIpc) is 2.96. The highest BCUT2D eigenvalue weighted by molar-refractivity contribution is 5.42. The van der Waals surface area contributed by atoms with Crippen LogP contribution >= 0.6 is 0 Å². The van der Waals surface area contributed by atoms with Gasteiger partial charge in [-0.15, -0.1) is 0 Å². The molecule has 106 valence electrons. The molecule has 0 bridgehead atoms. The minimum Gasteiger partial charge on any atom is -0.376 e. The van der Waals surface area contributed by atoms with Crippen LogP contribution in [0.3, 0.4) is 0 Å². The van der Waals surface area contributed by atoms with Crippen LogP contribution in [-0.4, -0.2) is 10.1 Å². The Balaban J connectivity index is 1.63. The van der Waals surface area contributed by atoms with Crippen molar-refractivity contribution >= 4 is 5.69 Å². The van der Waals surface area contributed by atoms with Crippen molar-refractivity contribution in [2.24, 2.45) is 0 Å². The minimum atomic E-state index is 0.533. The molecule has 0 aliphatic carbocycles. The van der Waals surface area contributed by atoms with Gasteiger partial charge in [0.15, 0.2) is 5.82 Å². The topological polar surface area (TPSA) is 51.0 Å². The molecule has 0 aliphatic heterocycles. The van der Waals surface area contributed by atoms with E-state index < -0.39 is 0 Å². The Morgan fingerprint density at radius 2 is 1.76 bits per heavy atom. The quantitative estimate of drug-likeness (QED) is 0.775. The Bertz CT molecular complexity index is 707. The second kappa shape index (κ2) is 6.22. The van der Waals surface area contributed by atoms with E-state index in [1.807, 2.05) is 42.5 Å². The van der Waals surface area contributed by atoms with Crippen molar-refractivity contribution in [1.82, 2.24) is 10.1 Å². The van der Waals surface area contributed by atoms with E-state index in [2.05, 4.69) is 34.5 Å². The zero-order valence-corrected chi connectivity index (χ0v) is 11.9. The normalized spacial score (nSPS) is 10.5. The molecule has 0 amide bonds. The molecule has 4 heteroatoms. The monoisotopic (exact) mass is 279 g/mol. The Kier molecular flexibility index (Phi) is 3.96. The molecule has 3 rings (SSSR count). The molecule has 2 aromatic carbocycles. The number of rotatable bonds is 5. The van der Waals surface area contributed by atoms with Gasteiger partial charge in [0.25, 0.3) is 0 Å². The van der Waals surface area contributed by atoms with Crippen LogP contribution in [0.2, 0.25) is 0 Å². The standard InChI is InChI=1S/C17H17N3O/c1-13-7-5-6-8-14(13)11-16-19-17(21-20-16)12-18-15-9-3-2-4-10-15/h2-10,18H,11-12H2,1H3. The SMILES string of the molecule is Cc1ccccc1Cc1noc(CNc2ccccc2)n1. The van der Waals surface area contributed by atoms with Gasteiger partial charge in [-0.05, 0) is 30.2 Å². The zero-order chi connectivity index (χ0) is 14.5. The number of nitrogens with one attached hydrogen (secondary N) is 1. The molecule has 1 N–H and O–H groups in total. The lowest BCUT2D eigenvalue weighted by atomic mass is 10.1. The Morgan fingerprint density at radius 3 is 2.57 bits per heavy atom. The van der Waals surface area contributed by atoms with Gasteiger partial charge in [-0.1, -0.05) is 47.6 Å². The van der Waals surface area contributed by atoms with Crippen LogP contribution in [0.5, 0.6) is 0 Å². The predicted molar refractivity (Wildman–Crippen MR) is 82.1 cm³/mol. The molecule has 4 nitrogen and oxygen atoms in total. The van der Waals surface area contributed by atoms with Crippen molar-refractivity contribution in [3.05, 3.63) is 77.4 Å². The summed E-state index contributed by atoms with van der Waals surface area (Å²) < 4.78 is 5.27. The summed E-state index contributed by atoms with van der Waals surface area (Å²) in [5.41, 5.74) is 3.50. The molecule has 0 fully saturated rings. The van der Waals surface area contributed by atoms with Gasteiger partial charge in [0, 0.05) is 12.1 Å². The van der Waals surface area contributed by atoms with Crippen LogP contribution in [-0.2, 0) is 13.0 Å². The number of anilines is 1. The molecule has 1 heterocycles. The van der Waals surface area contributed by atoms with Crippen LogP contribution < -0.4 is 5.32 Å². The lowest BCUT2D eigenvalue weighted by Crippen LogP contribution is -2.00. The van der Waals surface area contributed by atoms with Gasteiger partial charge < -0.3 is 9.84 Å².